The van der Waals surface area contributed by atoms with Crippen molar-refractivity contribution >= 4 is 11.7 Å². The molecule has 1 N–H and O–H groups in total. The van der Waals surface area contributed by atoms with Gasteiger partial charge in [-0.25, -0.2) is 9.18 Å². The lowest BCUT2D eigenvalue weighted by Crippen LogP contribution is -2.64. The second kappa shape index (κ2) is 4.55. The third-order valence-corrected chi connectivity index (χ3v) is 3.16. The summed E-state index contributed by atoms with van der Waals surface area (Å²) in [5.74, 6) is -2.67. The van der Waals surface area contributed by atoms with Gasteiger partial charge in [-0.1, -0.05) is 0 Å². The molecule has 0 aromatic heterocycles. The third kappa shape index (κ3) is 2.04. The molecule has 1 aliphatic rings. The topological polar surface area (TPSA) is 59.0 Å². The van der Waals surface area contributed by atoms with E-state index in [4.69, 9.17) is 14.6 Å². The van der Waals surface area contributed by atoms with E-state index in [1.165, 1.54) is 12.1 Å². The molecular formula is C12H14FNO4. The van der Waals surface area contributed by atoms with E-state index in [9.17, 15) is 9.18 Å². The quantitative estimate of drug-likeness (QED) is 0.822. The van der Waals surface area contributed by atoms with Crippen molar-refractivity contribution in [3.8, 4) is 0 Å². The molecule has 1 saturated heterocycles. The van der Waals surface area contributed by atoms with Crippen molar-refractivity contribution in [2.24, 2.45) is 0 Å². The van der Waals surface area contributed by atoms with Crippen LogP contribution >= 0.6 is 0 Å². The second-order valence-corrected chi connectivity index (χ2v) is 4.14. The lowest BCUT2D eigenvalue weighted by molar-refractivity contribution is -0.219. The molecular weight excluding hydrogens is 241 g/mol. The van der Waals surface area contributed by atoms with Gasteiger partial charge in [-0.15, -0.1) is 0 Å². The van der Waals surface area contributed by atoms with Gasteiger partial charge in [-0.05, 0) is 18.2 Å². The van der Waals surface area contributed by atoms with Crippen molar-refractivity contribution in [2.45, 2.75) is 5.79 Å². The van der Waals surface area contributed by atoms with Crippen molar-refractivity contribution in [1.82, 2.24) is 0 Å². The molecule has 2 rings (SSSR count). The summed E-state index contributed by atoms with van der Waals surface area (Å²) < 4.78 is 23.9. The summed E-state index contributed by atoms with van der Waals surface area (Å²) in [6.45, 7) is 0.956. The minimum atomic E-state index is -1.27. The number of aromatic carboxylic acids is 1. The Morgan fingerprint density at radius 1 is 1.39 bits per heavy atom. The highest BCUT2D eigenvalue weighted by Crippen LogP contribution is 2.31. The second-order valence-electron chi connectivity index (χ2n) is 4.14. The number of carboxylic acids is 1. The molecule has 1 aliphatic heterocycles. The molecule has 0 saturated carbocycles. The summed E-state index contributed by atoms with van der Waals surface area (Å²) in [6, 6.07) is 4.03. The summed E-state index contributed by atoms with van der Waals surface area (Å²) in [5, 5.41) is 8.73. The fourth-order valence-corrected chi connectivity index (χ4v) is 1.93. The first-order chi connectivity index (χ1) is 8.51. The van der Waals surface area contributed by atoms with E-state index in [2.05, 4.69) is 0 Å². The Hall–Kier alpha value is -1.66. The first kappa shape index (κ1) is 12.8. The average Bonchev–Trinajstić information content (AvgIpc) is 2.28. The van der Waals surface area contributed by atoms with E-state index in [0.29, 0.717) is 18.8 Å². The van der Waals surface area contributed by atoms with Gasteiger partial charge in [0.1, 0.15) is 5.82 Å². The van der Waals surface area contributed by atoms with Crippen LogP contribution in [0.1, 0.15) is 10.4 Å². The van der Waals surface area contributed by atoms with Gasteiger partial charge in [0.05, 0.1) is 18.7 Å². The molecule has 1 aromatic rings. The fourth-order valence-electron chi connectivity index (χ4n) is 1.93. The van der Waals surface area contributed by atoms with Gasteiger partial charge in [0, 0.05) is 19.9 Å². The normalized spacial score (nSPS) is 17.4. The molecule has 0 bridgehead atoms. The lowest BCUT2D eigenvalue weighted by atomic mass is 10.1. The molecule has 0 spiro atoms. The number of halogens is 1. The first-order valence-electron chi connectivity index (χ1n) is 5.39. The standard InChI is InChI=1S/C12H14FNO4/c1-17-12(18-2)6-14(7-12)8-3-4-9(11(15)16)10(13)5-8/h3-5H,6-7H2,1-2H3,(H,15,16). The van der Waals surface area contributed by atoms with Crippen LogP contribution in [0.4, 0.5) is 10.1 Å². The van der Waals surface area contributed by atoms with E-state index >= 15 is 0 Å². The maximum absolute atomic E-state index is 13.5. The molecule has 0 amide bonds. The Labute approximate surface area is 104 Å². The highest BCUT2D eigenvalue weighted by Gasteiger charge is 2.44. The predicted molar refractivity (Wildman–Crippen MR) is 62.3 cm³/mol. The van der Waals surface area contributed by atoms with E-state index in [0.717, 1.165) is 0 Å². The Morgan fingerprint density at radius 2 is 2.00 bits per heavy atom. The largest absolute Gasteiger partial charge is 0.478 e. The molecule has 0 aliphatic carbocycles. The molecule has 0 unspecified atom stereocenters. The Bertz CT molecular complexity index is 465. The van der Waals surface area contributed by atoms with E-state index in [1.807, 2.05) is 4.90 Å². The highest BCUT2D eigenvalue weighted by molar-refractivity contribution is 5.88. The van der Waals surface area contributed by atoms with Crippen LogP contribution in [0.5, 0.6) is 0 Å². The van der Waals surface area contributed by atoms with Gasteiger partial charge >= 0.3 is 5.97 Å². The molecule has 98 valence electrons. The maximum Gasteiger partial charge on any atom is 0.338 e. The zero-order valence-electron chi connectivity index (χ0n) is 10.1. The summed E-state index contributed by atoms with van der Waals surface area (Å²) in [5.41, 5.74) is 0.284. The first-order valence-corrected chi connectivity index (χ1v) is 5.39. The van der Waals surface area contributed by atoms with Crippen LogP contribution in [0.2, 0.25) is 0 Å². The zero-order valence-corrected chi connectivity index (χ0v) is 10.1. The Kier molecular flexibility index (Phi) is 3.23. The maximum atomic E-state index is 13.5. The molecule has 18 heavy (non-hydrogen) atoms. The van der Waals surface area contributed by atoms with Gasteiger partial charge < -0.3 is 19.5 Å². The number of methoxy groups -OCH3 is 2. The smallest absolute Gasteiger partial charge is 0.338 e. The van der Waals surface area contributed by atoms with Crippen molar-refractivity contribution in [3.63, 3.8) is 0 Å². The molecule has 5 nitrogen and oxygen atoms in total. The lowest BCUT2D eigenvalue weighted by Gasteiger charge is -2.48. The number of hydrogen-bond acceptors (Lipinski definition) is 4. The number of rotatable bonds is 4. The van der Waals surface area contributed by atoms with E-state index < -0.39 is 17.6 Å². The van der Waals surface area contributed by atoms with Crippen LogP contribution in [0.15, 0.2) is 18.2 Å². The van der Waals surface area contributed by atoms with Gasteiger partial charge in [-0.3, -0.25) is 0 Å². The minimum absolute atomic E-state index is 0.330. The number of nitrogens with zero attached hydrogens (tertiary/aromatic N) is 1. The predicted octanol–water partition coefficient (Wildman–Crippen LogP) is 1.33. The van der Waals surface area contributed by atoms with E-state index in [1.54, 1.807) is 20.3 Å². The fraction of sp³-hybridized carbons (Fsp3) is 0.417. The number of carbonyl (C=O) groups is 1. The van der Waals surface area contributed by atoms with Crippen molar-refractivity contribution in [3.05, 3.63) is 29.6 Å². The third-order valence-electron chi connectivity index (χ3n) is 3.16. The zero-order chi connectivity index (χ0) is 13.3. The van der Waals surface area contributed by atoms with Crippen LogP contribution in [0.25, 0.3) is 0 Å². The number of benzene rings is 1. The number of carboxylic acid groups (broad SMARTS) is 1. The summed E-state index contributed by atoms with van der Waals surface area (Å²) in [7, 11) is 3.10. The van der Waals surface area contributed by atoms with Crippen molar-refractivity contribution in [2.75, 3.05) is 32.2 Å². The molecule has 1 aromatic carbocycles. The minimum Gasteiger partial charge on any atom is -0.478 e. The highest BCUT2D eigenvalue weighted by atomic mass is 19.1. The van der Waals surface area contributed by atoms with Gasteiger partial charge in [0.2, 0.25) is 5.79 Å². The Morgan fingerprint density at radius 3 is 2.44 bits per heavy atom. The molecule has 1 fully saturated rings. The van der Waals surface area contributed by atoms with Crippen LogP contribution < -0.4 is 4.90 Å². The average molecular weight is 255 g/mol. The summed E-state index contributed by atoms with van der Waals surface area (Å²) >= 11 is 0. The number of anilines is 1. The SMILES string of the molecule is COC1(OC)CN(c2ccc(C(=O)O)c(F)c2)C1. The summed E-state index contributed by atoms with van der Waals surface area (Å²) in [4.78, 5) is 12.5. The molecule has 6 heteroatoms. The summed E-state index contributed by atoms with van der Waals surface area (Å²) in [6.07, 6.45) is 0. The van der Waals surface area contributed by atoms with Gasteiger partial charge in [0.25, 0.3) is 0 Å². The number of hydrogen-bond donors (Lipinski definition) is 1. The molecule has 0 atom stereocenters. The van der Waals surface area contributed by atoms with Crippen molar-refractivity contribution in [1.29, 1.82) is 0 Å². The molecule has 1 heterocycles. The van der Waals surface area contributed by atoms with Crippen LogP contribution in [0, 0.1) is 5.82 Å². The van der Waals surface area contributed by atoms with Crippen LogP contribution in [0.3, 0.4) is 0 Å². The molecule has 0 radical (unpaired) electrons. The van der Waals surface area contributed by atoms with Gasteiger partial charge in [0.15, 0.2) is 0 Å². The van der Waals surface area contributed by atoms with E-state index in [-0.39, 0.29) is 5.56 Å². The monoisotopic (exact) mass is 255 g/mol. The van der Waals surface area contributed by atoms with Crippen LogP contribution in [-0.2, 0) is 9.47 Å². The Balaban J connectivity index is 2.13. The van der Waals surface area contributed by atoms with Crippen LogP contribution in [-0.4, -0.2) is 44.2 Å². The number of ether oxygens (including phenoxy) is 2. The van der Waals surface area contributed by atoms with Gasteiger partial charge in [-0.2, -0.15) is 0 Å². The van der Waals surface area contributed by atoms with Crippen molar-refractivity contribution < 1.29 is 23.8 Å².